The first-order valence-corrected chi connectivity index (χ1v) is 6.97. The molecule has 1 aliphatic rings. The highest BCUT2D eigenvalue weighted by atomic mass is 16.5. The van der Waals surface area contributed by atoms with Crippen LogP contribution in [0.5, 0.6) is 0 Å². The quantitative estimate of drug-likeness (QED) is 0.803. The van der Waals surface area contributed by atoms with Crippen LogP contribution in [0.4, 0.5) is 0 Å². The summed E-state index contributed by atoms with van der Waals surface area (Å²) in [7, 11) is 1.94. The second kappa shape index (κ2) is 5.85. The predicted octanol–water partition coefficient (Wildman–Crippen LogP) is 1.70. The molecule has 0 aromatic carbocycles. The molecule has 1 aromatic rings. The van der Waals surface area contributed by atoms with Crippen LogP contribution >= 0.6 is 0 Å². The lowest BCUT2D eigenvalue weighted by Gasteiger charge is -2.22. The van der Waals surface area contributed by atoms with Crippen molar-refractivity contribution in [2.45, 2.75) is 51.7 Å². The minimum Gasteiger partial charge on any atom is -0.390 e. The van der Waals surface area contributed by atoms with Crippen LogP contribution in [-0.2, 0) is 24.6 Å². The van der Waals surface area contributed by atoms with E-state index in [1.807, 2.05) is 18.7 Å². The van der Waals surface area contributed by atoms with Crippen LogP contribution in [0, 0.1) is 5.92 Å². The zero-order valence-electron chi connectivity index (χ0n) is 11.6. The standard InChI is InChI=1S/C14H24N2O2/c1-4-11-8-12(16(3)15-11)9-13(17)14(18-5-2)10-6-7-10/h8,10,13-14,17H,4-7,9H2,1-3H3. The highest BCUT2D eigenvalue weighted by molar-refractivity contribution is 5.11. The molecule has 2 rings (SSSR count). The molecular weight excluding hydrogens is 228 g/mol. The molecule has 1 N–H and O–H groups in total. The summed E-state index contributed by atoms with van der Waals surface area (Å²) in [6.07, 6.45) is 3.51. The molecule has 0 spiro atoms. The maximum absolute atomic E-state index is 10.3. The molecule has 2 unspecified atom stereocenters. The summed E-state index contributed by atoms with van der Waals surface area (Å²) in [5.74, 6) is 0.554. The van der Waals surface area contributed by atoms with Crippen LogP contribution in [0.25, 0.3) is 0 Å². The molecule has 4 nitrogen and oxygen atoms in total. The Morgan fingerprint density at radius 2 is 2.22 bits per heavy atom. The molecule has 1 fully saturated rings. The second-order valence-corrected chi connectivity index (χ2v) is 5.13. The van der Waals surface area contributed by atoms with Gasteiger partial charge in [-0.3, -0.25) is 4.68 Å². The van der Waals surface area contributed by atoms with E-state index in [2.05, 4.69) is 18.1 Å². The van der Waals surface area contributed by atoms with Crippen molar-refractivity contribution >= 4 is 0 Å². The lowest BCUT2D eigenvalue weighted by Crippen LogP contribution is -2.33. The molecule has 1 aromatic heterocycles. The van der Waals surface area contributed by atoms with E-state index in [0.717, 1.165) is 17.8 Å². The fraction of sp³-hybridized carbons (Fsp3) is 0.786. The zero-order chi connectivity index (χ0) is 13.1. The van der Waals surface area contributed by atoms with Crippen LogP contribution in [-0.4, -0.2) is 33.7 Å². The Hall–Kier alpha value is -0.870. The second-order valence-electron chi connectivity index (χ2n) is 5.13. The molecule has 18 heavy (non-hydrogen) atoms. The largest absolute Gasteiger partial charge is 0.390 e. The molecular formula is C14H24N2O2. The zero-order valence-corrected chi connectivity index (χ0v) is 11.6. The Balaban J connectivity index is 1.99. The van der Waals surface area contributed by atoms with Gasteiger partial charge in [-0.2, -0.15) is 5.10 Å². The first-order chi connectivity index (χ1) is 8.65. The SMILES string of the molecule is CCOC(C(O)Cc1cc(CC)nn1C)C1CC1. The summed E-state index contributed by atoms with van der Waals surface area (Å²) in [6.45, 7) is 4.75. The molecule has 0 radical (unpaired) electrons. The number of aliphatic hydroxyl groups excluding tert-OH is 1. The molecule has 0 aliphatic heterocycles. The van der Waals surface area contributed by atoms with Gasteiger partial charge in [0, 0.05) is 25.8 Å². The molecule has 4 heteroatoms. The van der Waals surface area contributed by atoms with Gasteiger partial charge in [-0.25, -0.2) is 0 Å². The fourth-order valence-corrected chi connectivity index (χ4v) is 2.44. The van der Waals surface area contributed by atoms with Gasteiger partial charge in [-0.1, -0.05) is 6.92 Å². The van der Waals surface area contributed by atoms with Gasteiger partial charge in [0.25, 0.3) is 0 Å². The van der Waals surface area contributed by atoms with Crippen LogP contribution in [0.2, 0.25) is 0 Å². The Morgan fingerprint density at radius 1 is 1.50 bits per heavy atom. The smallest absolute Gasteiger partial charge is 0.0865 e. The summed E-state index contributed by atoms with van der Waals surface area (Å²) in [4.78, 5) is 0. The number of aryl methyl sites for hydroxylation is 2. The normalized spacial score (nSPS) is 18.9. The van der Waals surface area contributed by atoms with E-state index in [4.69, 9.17) is 4.74 Å². The van der Waals surface area contributed by atoms with E-state index >= 15 is 0 Å². The third-order valence-electron chi connectivity index (χ3n) is 3.63. The van der Waals surface area contributed by atoms with Crippen molar-refractivity contribution in [2.24, 2.45) is 13.0 Å². The predicted molar refractivity (Wildman–Crippen MR) is 70.4 cm³/mol. The lowest BCUT2D eigenvalue weighted by molar-refractivity contribution is -0.0445. The summed E-state index contributed by atoms with van der Waals surface area (Å²) >= 11 is 0. The van der Waals surface area contributed by atoms with Crippen molar-refractivity contribution in [3.63, 3.8) is 0 Å². The van der Waals surface area contributed by atoms with Crippen LogP contribution in [0.1, 0.15) is 38.1 Å². The van der Waals surface area contributed by atoms with Crippen molar-refractivity contribution in [3.05, 3.63) is 17.5 Å². The summed E-state index contributed by atoms with van der Waals surface area (Å²) < 4.78 is 7.57. The van der Waals surface area contributed by atoms with Gasteiger partial charge in [-0.15, -0.1) is 0 Å². The van der Waals surface area contributed by atoms with Crippen molar-refractivity contribution < 1.29 is 9.84 Å². The van der Waals surface area contributed by atoms with Gasteiger partial charge in [0.15, 0.2) is 0 Å². The number of aliphatic hydroxyl groups is 1. The first kappa shape index (κ1) is 13.6. The van der Waals surface area contributed by atoms with E-state index in [0.29, 0.717) is 18.9 Å². The number of aromatic nitrogens is 2. The van der Waals surface area contributed by atoms with Gasteiger partial charge in [0.05, 0.1) is 17.9 Å². The third-order valence-corrected chi connectivity index (χ3v) is 3.63. The number of nitrogens with zero attached hydrogens (tertiary/aromatic N) is 2. The van der Waals surface area contributed by atoms with Crippen molar-refractivity contribution in [2.75, 3.05) is 6.61 Å². The molecule has 1 aliphatic carbocycles. The monoisotopic (exact) mass is 252 g/mol. The average Bonchev–Trinajstić information content (AvgIpc) is 3.12. The molecule has 0 bridgehead atoms. The summed E-state index contributed by atoms with van der Waals surface area (Å²) in [5.41, 5.74) is 2.17. The van der Waals surface area contributed by atoms with Crippen molar-refractivity contribution in [3.8, 4) is 0 Å². The molecule has 1 saturated carbocycles. The maximum atomic E-state index is 10.3. The highest BCUT2D eigenvalue weighted by Crippen LogP contribution is 2.36. The molecule has 2 atom stereocenters. The minimum absolute atomic E-state index is 0.00465. The van der Waals surface area contributed by atoms with E-state index in [9.17, 15) is 5.11 Å². The van der Waals surface area contributed by atoms with Gasteiger partial charge in [0.1, 0.15) is 0 Å². The van der Waals surface area contributed by atoms with E-state index in [1.54, 1.807) is 0 Å². The molecule has 0 amide bonds. The highest BCUT2D eigenvalue weighted by Gasteiger charge is 2.36. The van der Waals surface area contributed by atoms with Gasteiger partial charge >= 0.3 is 0 Å². The van der Waals surface area contributed by atoms with E-state index in [-0.39, 0.29) is 6.10 Å². The Labute approximate surface area is 109 Å². The fourth-order valence-electron chi connectivity index (χ4n) is 2.44. The average molecular weight is 252 g/mol. The molecule has 0 saturated heterocycles. The third kappa shape index (κ3) is 3.12. The van der Waals surface area contributed by atoms with E-state index < -0.39 is 6.10 Å². The topological polar surface area (TPSA) is 47.3 Å². The van der Waals surface area contributed by atoms with Crippen molar-refractivity contribution in [1.82, 2.24) is 9.78 Å². The maximum Gasteiger partial charge on any atom is 0.0865 e. The molecule has 1 heterocycles. The van der Waals surface area contributed by atoms with Gasteiger partial charge < -0.3 is 9.84 Å². The minimum atomic E-state index is -0.419. The van der Waals surface area contributed by atoms with Crippen molar-refractivity contribution in [1.29, 1.82) is 0 Å². The van der Waals surface area contributed by atoms with E-state index in [1.165, 1.54) is 12.8 Å². The number of hydrogen-bond donors (Lipinski definition) is 1. The Kier molecular flexibility index (Phi) is 4.40. The summed E-state index contributed by atoms with van der Waals surface area (Å²) in [6, 6.07) is 2.08. The number of rotatable bonds is 7. The van der Waals surface area contributed by atoms with Gasteiger partial charge in [-0.05, 0) is 38.2 Å². The van der Waals surface area contributed by atoms with Crippen LogP contribution in [0.3, 0.4) is 0 Å². The Bertz CT molecular complexity index is 385. The van der Waals surface area contributed by atoms with Gasteiger partial charge in [0.2, 0.25) is 0 Å². The lowest BCUT2D eigenvalue weighted by atomic mass is 10.0. The summed E-state index contributed by atoms with van der Waals surface area (Å²) in [5, 5.41) is 14.8. The number of hydrogen-bond acceptors (Lipinski definition) is 3. The number of ether oxygens (including phenoxy) is 1. The van der Waals surface area contributed by atoms with Crippen LogP contribution in [0.15, 0.2) is 6.07 Å². The first-order valence-electron chi connectivity index (χ1n) is 6.97. The van der Waals surface area contributed by atoms with Crippen LogP contribution < -0.4 is 0 Å². The Morgan fingerprint density at radius 3 is 2.72 bits per heavy atom. The molecule has 102 valence electrons.